The molecule has 0 aliphatic carbocycles. The van der Waals surface area contributed by atoms with E-state index in [-0.39, 0.29) is 31.4 Å². The molecule has 0 fully saturated rings. The summed E-state index contributed by atoms with van der Waals surface area (Å²) in [6.45, 7) is 0.527. The van der Waals surface area contributed by atoms with Gasteiger partial charge in [-0.3, -0.25) is 0 Å². The molecule has 1 atom stereocenters. The van der Waals surface area contributed by atoms with Crippen LogP contribution in [-0.4, -0.2) is 42.8 Å². The maximum absolute atomic E-state index is 13.0. The molecule has 0 bridgehead atoms. The predicted octanol–water partition coefficient (Wildman–Crippen LogP) is 2.11. The first-order valence-corrected chi connectivity index (χ1v) is 10.6. The van der Waals surface area contributed by atoms with Gasteiger partial charge in [0, 0.05) is 31.4 Å². The molecule has 0 aromatic heterocycles. The number of rotatable bonds is 6. The Hall–Kier alpha value is -2.40. The van der Waals surface area contributed by atoms with Gasteiger partial charge in [-0.25, -0.2) is 8.42 Å². The summed E-state index contributed by atoms with van der Waals surface area (Å²) in [6, 6.07) is 17.0. The van der Waals surface area contributed by atoms with Crippen molar-refractivity contribution in [1.29, 1.82) is 5.26 Å². The summed E-state index contributed by atoms with van der Waals surface area (Å²) in [6.07, 6.45) is 0.792. The summed E-state index contributed by atoms with van der Waals surface area (Å²) in [5.41, 5.74) is 3.21. The van der Waals surface area contributed by atoms with Gasteiger partial charge in [0.05, 0.1) is 17.4 Å². The molecule has 142 valence electrons. The summed E-state index contributed by atoms with van der Waals surface area (Å²) in [5.74, 6) is -0.0952. The van der Waals surface area contributed by atoms with E-state index in [4.69, 9.17) is 10.4 Å². The minimum Gasteiger partial charge on any atom is -0.396 e. The van der Waals surface area contributed by atoms with Gasteiger partial charge in [-0.05, 0) is 42.2 Å². The van der Waals surface area contributed by atoms with Gasteiger partial charge in [0.15, 0.2) is 0 Å². The molecule has 2 aromatic carbocycles. The first-order valence-electron chi connectivity index (χ1n) is 8.94. The molecule has 2 aromatic rings. The Kier molecular flexibility index (Phi) is 6.11. The van der Waals surface area contributed by atoms with Gasteiger partial charge in [0.2, 0.25) is 10.0 Å². The number of anilines is 1. The molecule has 0 amide bonds. The van der Waals surface area contributed by atoms with E-state index in [2.05, 4.69) is 11.4 Å². The first kappa shape index (κ1) is 19.4. The lowest BCUT2D eigenvalue weighted by atomic mass is 10.1. The van der Waals surface area contributed by atoms with Gasteiger partial charge < -0.3 is 10.4 Å². The van der Waals surface area contributed by atoms with Crippen LogP contribution in [0.15, 0.2) is 48.5 Å². The fraction of sp³-hybridized carbons (Fsp3) is 0.350. The first-order chi connectivity index (χ1) is 13.0. The normalized spacial score (nSPS) is 17.4. The Morgan fingerprint density at radius 2 is 2.00 bits per heavy atom. The third kappa shape index (κ3) is 4.66. The molecule has 1 heterocycles. The highest BCUT2D eigenvalue weighted by molar-refractivity contribution is 7.89. The summed E-state index contributed by atoms with van der Waals surface area (Å²) in [4.78, 5) is 0. The third-order valence-electron chi connectivity index (χ3n) is 4.73. The molecule has 7 heteroatoms. The number of hydrogen-bond acceptors (Lipinski definition) is 5. The van der Waals surface area contributed by atoms with Crippen molar-refractivity contribution in [3.8, 4) is 6.07 Å². The van der Waals surface area contributed by atoms with E-state index < -0.39 is 10.0 Å². The average Bonchev–Trinajstić information content (AvgIpc) is 2.87. The monoisotopic (exact) mass is 385 g/mol. The maximum atomic E-state index is 13.0. The molecule has 6 nitrogen and oxygen atoms in total. The van der Waals surface area contributed by atoms with E-state index in [1.54, 1.807) is 12.1 Å². The average molecular weight is 385 g/mol. The maximum Gasteiger partial charge on any atom is 0.214 e. The third-order valence-corrected chi connectivity index (χ3v) is 6.67. The zero-order valence-electron chi connectivity index (χ0n) is 15.0. The van der Waals surface area contributed by atoms with E-state index >= 15 is 0 Å². The smallest absolute Gasteiger partial charge is 0.214 e. The lowest BCUT2D eigenvalue weighted by Gasteiger charge is -2.29. The highest BCUT2D eigenvalue weighted by Crippen LogP contribution is 2.27. The van der Waals surface area contributed by atoms with Crippen LogP contribution in [0.4, 0.5) is 5.69 Å². The number of hydrogen-bond donors (Lipinski definition) is 2. The number of nitrogens with one attached hydrogen (secondary N) is 1. The molecule has 1 aliphatic rings. The molecule has 27 heavy (non-hydrogen) atoms. The molecule has 1 unspecified atom stereocenters. The van der Waals surface area contributed by atoms with Crippen molar-refractivity contribution in [1.82, 2.24) is 4.31 Å². The Labute approximate surface area is 160 Å². The summed E-state index contributed by atoms with van der Waals surface area (Å²) in [5, 5.41) is 21.6. The zero-order valence-corrected chi connectivity index (χ0v) is 15.8. The van der Waals surface area contributed by atoms with Crippen molar-refractivity contribution in [2.45, 2.75) is 25.4 Å². The van der Waals surface area contributed by atoms with E-state index in [0.717, 1.165) is 16.8 Å². The fourth-order valence-corrected chi connectivity index (χ4v) is 5.01. The Bertz CT molecular complexity index is 923. The SMILES string of the molecule is N#Cc1ccc2c(c1)CN(S(=O)(=O)CCCO)C(Cc1ccccc1)CN2. The largest absolute Gasteiger partial charge is 0.396 e. The van der Waals surface area contributed by atoms with Crippen molar-refractivity contribution < 1.29 is 13.5 Å². The van der Waals surface area contributed by atoms with E-state index in [1.807, 2.05) is 36.4 Å². The van der Waals surface area contributed by atoms with Gasteiger partial charge in [0.25, 0.3) is 0 Å². The van der Waals surface area contributed by atoms with Gasteiger partial charge in [-0.2, -0.15) is 9.57 Å². The minimum atomic E-state index is -3.55. The van der Waals surface area contributed by atoms with Crippen molar-refractivity contribution >= 4 is 15.7 Å². The molecule has 3 rings (SSSR count). The van der Waals surface area contributed by atoms with Crippen LogP contribution in [0, 0.1) is 11.3 Å². The fourth-order valence-electron chi connectivity index (χ4n) is 3.34. The second-order valence-electron chi connectivity index (χ2n) is 6.65. The lowest BCUT2D eigenvalue weighted by Crippen LogP contribution is -2.44. The molecular weight excluding hydrogens is 362 g/mol. The number of aliphatic hydroxyl groups is 1. The Morgan fingerprint density at radius 3 is 2.70 bits per heavy atom. The molecule has 2 N–H and O–H groups in total. The molecule has 0 saturated carbocycles. The molecule has 0 saturated heterocycles. The number of fused-ring (bicyclic) bond motifs is 1. The number of benzene rings is 2. The molecule has 0 radical (unpaired) electrons. The summed E-state index contributed by atoms with van der Waals surface area (Å²) in [7, 11) is -3.55. The Morgan fingerprint density at radius 1 is 1.22 bits per heavy atom. The topological polar surface area (TPSA) is 93.4 Å². The number of nitrogens with zero attached hydrogens (tertiary/aromatic N) is 2. The van der Waals surface area contributed by atoms with Crippen LogP contribution < -0.4 is 5.32 Å². The van der Waals surface area contributed by atoms with Crippen LogP contribution in [0.3, 0.4) is 0 Å². The van der Waals surface area contributed by atoms with Crippen molar-refractivity contribution in [2.75, 3.05) is 24.2 Å². The van der Waals surface area contributed by atoms with Crippen LogP contribution in [0.25, 0.3) is 0 Å². The second kappa shape index (κ2) is 8.53. The van der Waals surface area contributed by atoms with Crippen LogP contribution in [0.5, 0.6) is 0 Å². The number of sulfonamides is 1. The molecular formula is C20H23N3O3S. The van der Waals surface area contributed by atoms with Gasteiger partial charge in [-0.1, -0.05) is 30.3 Å². The van der Waals surface area contributed by atoms with Gasteiger partial charge in [-0.15, -0.1) is 0 Å². The lowest BCUT2D eigenvalue weighted by molar-refractivity contribution is 0.290. The highest BCUT2D eigenvalue weighted by atomic mass is 32.2. The summed E-state index contributed by atoms with van der Waals surface area (Å²) >= 11 is 0. The van der Waals surface area contributed by atoms with Gasteiger partial charge >= 0.3 is 0 Å². The molecule has 1 aliphatic heterocycles. The van der Waals surface area contributed by atoms with Crippen molar-refractivity contribution in [2.24, 2.45) is 0 Å². The van der Waals surface area contributed by atoms with E-state index in [1.165, 1.54) is 4.31 Å². The van der Waals surface area contributed by atoms with Crippen LogP contribution in [-0.2, 0) is 23.0 Å². The van der Waals surface area contributed by atoms with Crippen LogP contribution in [0.2, 0.25) is 0 Å². The van der Waals surface area contributed by atoms with Crippen LogP contribution >= 0.6 is 0 Å². The Balaban J connectivity index is 1.95. The van der Waals surface area contributed by atoms with E-state index in [9.17, 15) is 8.42 Å². The van der Waals surface area contributed by atoms with Crippen molar-refractivity contribution in [3.05, 3.63) is 65.2 Å². The quantitative estimate of drug-likeness (QED) is 0.794. The van der Waals surface area contributed by atoms with Gasteiger partial charge in [0.1, 0.15) is 0 Å². The highest BCUT2D eigenvalue weighted by Gasteiger charge is 2.32. The number of aliphatic hydroxyl groups excluding tert-OH is 1. The standard InChI is InChI=1S/C20H23N3O3S/c21-13-17-7-8-20-18(11-17)15-23(27(25,26)10-4-9-24)19(14-22-20)12-16-5-2-1-3-6-16/h1-3,5-8,11,19,22,24H,4,9-10,12,14-15H2. The van der Waals surface area contributed by atoms with E-state index in [0.29, 0.717) is 18.5 Å². The molecule has 0 spiro atoms. The summed E-state index contributed by atoms with van der Waals surface area (Å²) < 4.78 is 27.5. The number of nitriles is 1. The van der Waals surface area contributed by atoms with Crippen molar-refractivity contribution in [3.63, 3.8) is 0 Å². The zero-order chi connectivity index (χ0) is 19.3. The second-order valence-corrected chi connectivity index (χ2v) is 8.69. The minimum absolute atomic E-state index is 0.0952. The predicted molar refractivity (Wildman–Crippen MR) is 105 cm³/mol. The van der Waals surface area contributed by atoms with Crippen LogP contribution in [0.1, 0.15) is 23.1 Å².